The second-order valence-electron chi connectivity index (χ2n) is 4.65. The first-order chi connectivity index (χ1) is 9.40. The van der Waals surface area contributed by atoms with E-state index >= 15 is 0 Å². The Hall–Kier alpha value is -1.34. The molecule has 2 atom stereocenters. The number of carboxylic acids is 1. The minimum absolute atomic E-state index is 0.156. The Bertz CT molecular complexity index is 311. The fraction of sp³-hybridized carbons (Fsp3) is 0.846. The number of urea groups is 1. The summed E-state index contributed by atoms with van der Waals surface area (Å²) in [7, 11) is 4.62. The van der Waals surface area contributed by atoms with Gasteiger partial charge >= 0.3 is 12.0 Å². The van der Waals surface area contributed by atoms with Gasteiger partial charge in [0.1, 0.15) is 6.04 Å². The zero-order valence-corrected chi connectivity index (χ0v) is 13.0. The van der Waals surface area contributed by atoms with E-state index in [1.54, 1.807) is 26.0 Å². The number of methoxy groups -OCH3 is 2. The van der Waals surface area contributed by atoms with Gasteiger partial charge in [0.05, 0.1) is 19.3 Å². The number of carbonyl (C=O) groups is 2. The number of amides is 2. The molecule has 118 valence electrons. The van der Waals surface area contributed by atoms with Crippen LogP contribution in [0.25, 0.3) is 0 Å². The van der Waals surface area contributed by atoms with E-state index in [1.165, 1.54) is 11.9 Å². The van der Waals surface area contributed by atoms with Gasteiger partial charge < -0.3 is 24.4 Å². The summed E-state index contributed by atoms with van der Waals surface area (Å²) in [6.07, 6.45) is 0.356. The van der Waals surface area contributed by atoms with Crippen molar-refractivity contribution in [2.75, 3.05) is 41.0 Å². The molecule has 0 aromatic rings. The quantitative estimate of drug-likeness (QED) is 0.682. The molecular formula is C13H26N2O5. The highest BCUT2D eigenvalue weighted by Gasteiger charge is 2.30. The second-order valence-corrected chi connectivity index (χ2v) is 4.65. The number of carbonyl (C=O) groups excluding carboxylic acids is 1. The monoisotopic (exact) mass is 290 g/mol. The molecule has 2 amide bonds. The van der Waals surface area contributed by atoms with Crippen LogP contribution < -0.4 is 0 Å². The van der Waals surface area contributed by atoms with E-state index in [-0.39, 0.29) is 12.1 Å². The van der Waals surface area contributed by atoms with Crippen LogP contribution in [-0.2, 0) is 14.3 Å². The molecule has 20 heavy (non-hydrogen) atoms. The predicted octanol–water partition coefficient (Wildman–Crippen LogP) is 0.885. The van der Waals surface area contributed by atoms with Gasteiger partial charge in [-0.05, 0) is 13.3 Å². The summed E-state index contributed by atoms with van der Waals surface area (Å²) >= 11 is 0. The highest BCUT2D eigenvalue weighted by molar-refractivity contribution is 5.82. The molecule has 0 aliphatic rings. The lowest BCUT2D eigenvalue weighted by Gasteiger charge is -2.34. The summed E-state index contributed by atoms with van der Waals surface area (Å²) in [5.41, 5.74) is 0. The van der Waals surface area contributed by atoms with Crippen molar-refractivity contribution >= 4 is 12.0 Å². The number of rotatable bonds is 9. The van der Waals surface area contributed by atoms with Crippen molar-refractivity contribution in [1.82, 2.24) is 9.80 Å². The predicted molar refractivity (Wildman–Crippen MR) is 74.8 cm³/mol. The smallest absolute Gasteiger partial charge is 0.326 e. The topological polar surface area (TPSA) is 79.3 Å². The van der Waals surface area contributed by atoms with Gasteiger partial charge in [0, 0.05) is 27.8 Å². The van der Waals surface area contributed by atoms with Gasteiger partial charge in [-0.25, -0.2) is 9.59 Å². The average Bonchev–Trinajstić information content (AvgIpc) is 2.39. The molecule has 0 heterocycles. The summed E-state index contributed by atoms with van der Waals surface area (Å²) in [6.45, 7) is 4.75. The zero-order valence-electron chi connectivity index (χ0n) is 13.0. The van der Waals surface area contributed by atoms with Crippen LogP contribution in [0.4, 0.5) is 4.79 Å². The molecule has 7 heteroatoms. The summed E-state index contributed by atoms with van der Waals surface area (Å²) < 4.78 is 10.1. The van der Waals surface area contributed by atoms with Crippen LogP contribution in [-0.4, -0.2) is 80.0 Å². The molecule has 0 saturated carbocycles. The highest BCUT2D eigenvalue weighted by atomic mass is 16.5. The SMILES string of the molecule is CCC(C(=O)O)N(C)C(=O)N(CCOC)C(C)COC. The zero-order chi connectivity index (χ0) is 15.7. The van der Waals surface area contributed by atoms with Crippen LogP contribution in [0.5, 0.6) is 0 Å². The number of nitrogens with zero attached hydrogens (tertiary/aromatic N) is 2. The number of hydrogen-bond acceptors (Lipinski definition) is 4. The second kappa shape index (κ2) is 9.55. The van der Waals surface area contributed by atoms with Gasteiger partial charge in [0.2, 0.25) is 0 Å². The minimum atomic E-state index is -1.01. The van der Waals surface area contributed by atoms with Gasteiger partial charge in [0.15, 0.2) is 0 Å². The Morgan fingerprint density at radius 2 is 1.85 bits per heavy atom. The third-order valence-corrected chi connectivity index (χ3v) is 3.16. The molecule has 7 nitrogen and oxygen atoms in total. The Morgan fingerprint density at radius 3 is 2.25 bits per heavy atom. The molecule has 0 spiro atoms. The Balaban J connectivity index is 4.95. The number of aliphatic carboxylic acids is 1. The first kappa shape index (κ1) is 18.7. The van der Waals surface area contributed by atoms with Gasteiger partial charge in [-0.15, -0.1) is 0 Å². The van der Waals surface area contributed by atoms with Crippen molar-refractivity contribution in [2.24, 2.45) is 0 Å². The van der Waals surface area contributed by atoms with Crippen molar-refractivity contribution in [1.29, 1.82) is 0 Å². The Labute approximate surface area is 120 Å². The van der Waals surface area contributed by atoms with Crippen molar-refractivity contribution in [3.8, 4) is 0 Å². The van der Waals surface area contributed by atoms with Crippen LogP contribution in [0.1, 0.15) is 20.3 Å². The average molecular weight is 290 g/mol. The molecule has 0 rings (SSSR count). The molecule has 0 fully saturated rings. The molecule has 0 aromatic carbocycles. The van der Waals surface area contributed by atoms with Crippen molar-refractivity contribution < 1.29 is 24.2 Å². The van der Waals surface area contributed by atoms with Crippen LogP contribution >= 0.6 is 0 Å². The van der Waals surface area contributed by atoms with Crippen molar-refractivity contribution in [3.63, 3.8) is 0 Å². The fourth-order valence-corrected chi connectivity index (χ4v) is 1.98. The summed E-state index contributed by atoms with van der Waals surface area (Å²) in [4.78, 5) is 26.4. The Kier molecular flexibility index (Phi) is 8.91. The maximum Gasteiger partial charge on any atom is 0.326 e. The maximum atomic E-state index is 12.4. The lowest BCUT2D eigenvalue weighted by molar-refractivity contribution is -0.142. The number of ether oxygens (including phenoxy) is 2. The van der Waals surface area contributed by atoms with Crippen LogP contribution in [0.2, 0.25) is 0 Å². The van der Waals surface area contributed by atoms with Gasteiger partial charge in [0.25, 0.3) is 0 Å². The molecule has 2 unspecified atom stereocenters. The lowest BCUT2D eigenvalue weighted by atomic mass is 10.2. The van der Waals surface area contributed by atoms with E-state index in [0.717, 1.165) is 0 Å². The minimum Gasteiger partial charge on any atom is -0.480 e. The normalized spacial score (nSPS) is 13.7. The van der Waals surface area contributed by atoms with Crippen LogP contribution in [0, 0.1) is 0 Å². The van der Waals surface area contributed by atoms with E-state index < -0.39 is 12.0 Å². The van der Waals surface area contributed by atoms with Gasteiger partial charge in [-0.3, -0.25) is 0 Å². The Morgan fingerprint density at radius 1 is 1.25 bits per heavy atom. The van der Waals surface area contributed by atoms with Crippen LogP contribution in [0.15, 0.2) is 0 Å². The molecule has 0 saturated heterocycles. The van der Waals surface area contributed by atoms with E-state index in [9.17, 15) is 9.59 Å². The van der Waals surface area contributed by atoms with E-state index in [1.807, 2.05) is 6.92 Å². The molecule has 0 radical (unpaired) electrons. The highest BCUT2D eigenvalue weighted by Crippen LogP contribution is 2.10. The summed E-state index contributed by atoms with van der Waals surface area (Å²) in [5, 5.41) is 9.13. The molecule has 0 bridgehead atoms. The van der Waals surface area contributed by atoms with E-state index in [4.69, 9.17) is 14.6 Å². The standard InChI is InChI=1S/C13H26N2O5/c1-6-11(12(16)17)14(3)13(18)15(7-8-19-4)10(2)9-20-5/h10-11H,6-9H2,1-5H3,(H,16,17). The third kappa shape index (κ3) is 5.34. The van der Waals surface area contributed by atoms with Crippen molar-refractivity contribution in [2.45, 2.75) is 32.4 Å². The number of carboxylic acid groups (broad SMARTS) is 1. The van der Waals surface area contributed by atoms with Crippen molar-refractivity contribution in [3.05, 3.63) is 0 Å². The first-order valence-corrected chi connectivity index (χ1v) is 6.64. The van der Waals surface area contributed by atoms with Gasteiger partial charge in [-0.2, -0.15) is 0 Å². The fourth-order valence-electron chi connectivity index (χ4n) is 1.98. The first-order valence-electron chi connectivity index (χ1n) is 6.64. The van der Waals surface area contributed by atoms with Gasteiger partial charge in [-0.1, -0.05) is 6.92 Å². The molecule has 0 aromatic heterocycles. The maximum absolute atomic E-state index is 12.4. The molecular weight excluding hydrogens is 264 g/mol. The molecule has 0 aliphatic heterocycles. The molecule has 1 N–H and O–H groups in total. The summed E-state index contributed by atoms with van der Waals surface area (Å²) in [6, 6.07) is -1.32. The molecule has 0 aliphatic carbocycles. The number of hydrogen-bond donors (Lipinski definition) is 1. The van der Waals surface area contributed by atoms with E-state index in [2.05, 4.69) is 0 Å². The summed E-state index contributed by atoms with van der Waals surface area (Å²) in [5.74, 6) is -1.01. The largest absolute Gasteiger partial charge is 0.480 e. The third-order valence-electron chi connectivity index (χ3n) is 3.16. The lowest BCUT2D eigenvalue weighted by Crippen LogP contribution is -2.53. The number of likely N-dealkylation sites (N-methyl/N-ethyl adjacent to an activating group) is 1. The van der Waals surface area contributed by atoms with E-state index in [0.29, 0.717) is 26.2 Å². The van der Waals surface area contributed by atoms with Crippen LogP contribution in [0.3, 0.4) is 0 Å².